The number of phenolic OH excluding ortho intramolecular Hbond substituents is 1. The molecule has 3 rings (SSSR count). The molecule has 7 heteroatoms. The van der Waals surface area contributed by atoms with Crippen molar-refractivity contribution in [1.82, 2.24) is 9.47 Å². The van der Waals surface area contributed by atoms with Crippen LogP contribution in [0.3, 0.4) is 0 Å². The largest absolute Gasteiger partial charge is 0.507 e. The number of azo groups is 1. The summed E-state index contributed by atoms with van der Waals surface area (Å²) in [5.41, 5.74) is 1.14. The Labute approximate surface area is 163 Å². The van der Waals surface area contributed by atoms with Crippen molar-refractivity contribution in [1.29, 1.82) is 0 Å². The van der Waals surface area contributed by atoms with Crippen LogP contribution in [0.15, 0.2) is 58.8 Å². The van der Waals surface area contributed by atoms with Crippen LogP contribution in [0.25, 0.3) is 10.9 Å². The van der Waals surface area contributed by atoms with Crippen LogP contribution < -0.4 is 0 Å². The highest BCUT2D eigenvalue weighted by atomic mass is 16.3. The molecule has 2 N–H and O–H groups in total. The number of nitrogens with zero attached hydrogens (tertiary/aromatic N) is 4. The second-order valence-electron chi connectivity index (χ2n) is 6.39. The number of carbonyl (C=O) groups is 1. The maximum atomic E-state index is 12.3. The normalized spacial score (nSPS) is 11.7. The van der Waals surface area contributed by atoms with Crippen LogP contribution in [0.2, 0.25) is 0 Å². The van der Waals surface area contributed by atoms with Gasteiger partial charge in [-0.25, -0.2) is 0 Å². The minimum absolute atomic E-state index is 0.0258. The van der Waals surface area contributed by atoms with Crippen molar-refractivity contribution in [2.75, 3.05) is 19.6 Å². The Morgan fingerprint density at radius 3 is 2.43 bits per heavy atom. The minimum atomic E-state index is -0.669. The number of likely N-dealkylation sites (N-methyl/N-ethyl adjacent to an activating group) is 1. The summed E-state index contributed by atoms with van der Waals surface area (Å²) in [5.74, 6) is -0.850. The van der Waals surface area contributed by atoms with E-state index in [4.69, 9.17) is 0 Å². The monoisotopic (exact) mass is 380 g/mol. The smallest absolute Gasteiger partial charge is 0.299 e. The molecule has 0 radical (unpaired) electrons. The van der Waals surface area contributed by atoms with Crippen LogP contribution in [-0.2, 0) is 6.54 Å². The van der Waals surface area contributed by atoms with E-state index in [1.54, 1.807) is 16.7 Å². The lowest BCUT2D eigenvalue weighted by Crippen LogP contribution is -2.26. The van der Waals surface area contributed by atoms with Crippen LogP contribution >= 0.6 is 0 Å². The first kappa shape index (κ1) is 19.6. The molecule has 0 aliphatic rings. The van der Waals surface area contributed by atoms with Gasteiger partial charge in [0.15, 0.2) is 5.69 Å². The molecular weight excluding hydrogens is 356 g/mol. The van der Waals surface area contributed by atoms with Gasteiger partial charge in [-0.05, 0) is 31.3 Å². The van der Waals surface area contributed by atoms with Gasteiger partial charge in [0, 0.05) is 18.5 Å². The molecule has 0 saturated carbocycles. The summed E-state index contributed by atoms with van der Waals surface area (Å²) in [6.45, 7) is 7.43. The number of fused-ring (bicyclic) bond motifs is 1. The Morgan fingerprint density at radius 2 is 1.71 bits per heavy atom. The van der Waals surface area contributed by atoms with Crippen molar-refractivity contribution in [3.05, 3.63) is 54.1 Å². The van der Waals surface area contributed by atoms with Crippen molar-refractivity contribution in [2.24, 2.45) is 10.2 Å². The van der Waals surface area contributed by atoms with E-state index in [0.717, 1.165) is 25.2 Å². The number of aromatic nitrogens is 1. The third-order valence-electron chi connectivity index (χ3n) is 4.83. The number of aromatic hydroxyl groups is 2. The Kier molecular flexibility index (Phi) is 6.06. The fourth-order valence-corrected chi connectivity index (χ4v) is 3.18. The average molecular weight is 380 g/mol. The zero-order valence-electron chi connectivity index (χ0n) is 16.0. The lowest BCUT2D eigenvalue weighted by molar-refractivity contribution is 0.0992. The third kappa shape index (κ3) is 3.89. The number of amides is 1. The predicted octanol–water partition coefficient (Wildman–Crippen LogP) is 4.32. The Hall–Kier alpha value is -3.19. The molecule has 3 aromatic rings. The third-order valence-corrected chi connectivity index (χ3v) is 4.83. The van der Waals surface area contributed by atoms with Gasteiger partial charge in [0.05, 0.1) is 11.1 Å². The summed E-state index contributed by atoms with van der Waals surface area (Å²) in [5, 5.41) is 29.0. The number of carbonyl (C=O) groups excluding carboxylic acids is 1. The number of para-hydroxylation sites is 2. The molecule has 1 heterocycles. The predicted molar refractivity (Wildman–Crippen MR) is 108 cm³/mol. The molecule has 28 heavy (non-hydrogen) atoms. The van der Waals surface area contributed by atoms with Gasteiger partial charge in [-0.2, -0.15) is 0 Å². The van der Waals surface area contributed by atoms with Gasteiger partial charge in [-0.1, -0.05) is 44.2 Å². The fourth-order valence-electron chi connectivity index (χ4n) is 3.18. The van der Waals surface area contributed by atoms with Gasteiger partial charge in [0.25, 0.3) is 5.91 Å². The van der Waals surface area contributed by atoms with Gasteiger partial charge in [0.2, 0.25) is 5.88 Å². The van der Waals surface area contributed by atoms with Crippen LogP contribution in [-0.4, -0.2) is 45.2 Å². The van der Waals surface area contributed by atoms with Crippen LogP contribution in [0, 0.1) is 0 Å². The number of hydrogen-bond donors (Lipinski definition) is 2. The van der Waals surface area contributed by atoms with E-state index in [1.165, 1.54) is 12.1 Å². The molecule has 0 aliphatic heterocycles. The van der Waals surface area contributed by atoms with E-state index in [-0.39, 0.29) is 22.9 Å². The lowest BCUT2D eigenvalue weighted by Gasteiger charge is -2.18. The van der Waals surface area contributed by atoms with Gasteiger partial charge >= 0.3 is 0 Å². The second-order valence-corrected chi connectivity index (χ2v) is 6.39. The molecule has 1 aromatic heterocycles. The highest BCUT2D eigenvalue weighted by Gasteiger charge is 2.17. The molecule has 2 aromatic carbocycles. The van der Waals surface area contributed by atoms with Crippen LogP contribution in [0.1, 0.15) is 24.2 Å². The van der Waals surface area contributed by atoms with Gasteiger partial charge in [0.1, 0.15) is 5.75 Å². The number of benzene rings is 2. The van der Waals surface area contributed by atoms with Crippen LogP contribution in [0.5, 0.6) is 11.6 Å². The lowest BCUT2D eigenvalue weighted by atomic mass is 10.2. The molecule has 0 spiro atoms. The Balaban J connectivity index is 1.94. The maximum absolute atomic E-state index is 12.3. The summed E-state index contributed by atoms with van der Waals surface area (Å²) in [7, 11) is 0. The van der Waals surface area contributed by atoms with Crippen molar-refractivity contribution in [2.45, 2.75) is 20.4 Å². The van der Waals surface area contributed by atoms with E-state index in [1.807, 2.05) is 24.3 Å². The number of rotatable bonds is 7. The quantitative estimate of drug-likeness (QED) is 0.597. The zero-order valence-corrected chi connectivity index (χ0v) is 16.0. The topological polar surface area (TPSA) is 90.4 Å². The Bertz CT molecular complexity index is 1010. The maximum Gasteiger partial charge on any atom is 0.299 e. The second kappa shape index (κ2) is 8.67. The average Bonchev–Trinajstić information content (AvgIpc) is 2.98. The molecule has 0 bridgehead atoms. The molecule has 7 nitrogen and oxygen atoms in total. The highest BCUT2D eigenvalue weighted by Crippen LogP contribution is 2.38. The van der Waals surface area contributed by atoms with E-state index in [0.29, 0.717) is 11.9 Å². The number of hydrogen-bond acceptors (Lipinski definition) is 5. The molecule has 0 aliphatic carbocycles. The van der Waals surface area contributed by atoms with Gasteiger partial charge in [-0.3, -0.25) is 4.79 Å². The SMILES string of the molecule is CCN(CC)CCn1c(O)c(N=NC(=O)c2ccccc2O)c2ccccc21. The van der Waals surface area contributed by atoms with Crippen molar-refractivity contribution < 1.29 is 15.0 Å². The highest BCUT2D eigenvalue weighted by molar-refractivity contribution is 5.98. The van der Waals surface area contributed by atoms with Crippen molar-refractivity contribution in [3.8, 4) is 11.6 Å². The van der Waals surface area contributed by atoms with Crippen molar-refractivity contribution >= 4 is 22.5 Å². The number of phenols is 1. The molecule has 0 saturated heterocycles. The molecule has 0 unspecified atom stereocenters. The Morgan fingerprint density at radius 1 is 1.04 bits per heavy atom. The van der Waals surface area contributed by atoms with E-state index in [9.17, 15) is 15.0 Å². The van der Waals surface area contributed by atoms with Crippen LogP contribution in [0.4, 0.5) is 5.69 Å². The van der Waals surface area contributed by atoms with E-state index >= 15 is 0 Å². The molecule has 146 valence electrons. The zero-order chi connectivity index (χ0) is 20.1. The summed E-state index contributed by atoms with van der Waals surface area (Å²) in [4.78, 5) is 14.5. The first-order valence-electron chi connectivity index (χ1n) is 9.33. The minimum Gasteiger partial charge on any atom is -0.507 e. The summed E-state index contributed by atoms with van der Waals surface area (Å²) in [6, 6.07) is 13.6. The molecule has 0 fully saturated rings. The first-order valence-corrected chi connectivity index (χ1v) is 9.33. The summed E-state index contributed by atoms with van der Waals surface area (Å²) < 4.78 is 1.78. The van der Waals surface area contributed by atoms with Crippen molar-refractivity contribution in [3.63, 3.8) is 0 Å². The fraction of sp³-hybridized carbons (Fsp3) is 0.286. The van der Waals surface area contributed by atoms with Gasteiger partial charge < -0.3 is 19.7 Å². The molecule has 1 amide bonds. The van der Waals surface area contributed by atoms with E-state index in [2.05, 4.69) is 29.0 Å². The standard InChI is InChI=1S/C21H24N4O3/c1-3-24(4-2)13-14-25-17-11-7-5-9-15(17)19(21(25)28)22-23-20(27)16-10-6-8-12-18(16)26/h5-12,26,28H,3-4,13-14H2,1-2H3. The summed E-state index contributed by atoms with van der Waals surface area (Å²) >= 11 is 0. The molecular formula is C21H24N4O3. The summed E-state index contributed by atoms with van der Waals surface area (Å²) in [6.07, 6.45) is 0. The first-order chi connectivity index (χ1) is 13.6. The van der Waals surface area contributed by atoms with Gasteiger partial charge in [-0.15, -0.1) is 10.2 Å². The van der Waals surface area contributed by atoms with E-state index < -0.39 is 5.91 Å². The molecule has 0 atom stereocenters.